The second-order valence-electron chi connectivity index (χ2n) is 6.37. The number of pyridine rings is 1. The molecule has 0 saturated heterocycles. The highest BCUT2D eigenvalue weighted by Gasteiger charge is 2.18. The van der Waals surface area contributed by atoms with Gasteiger partial charge in [-0.05, 0) is 55.9 Å². The van der Waals surface area contributed by atoms with Crippen molar-refractivity contribution >= 4 is 11.6 Å². The van der Waals surface area contributed by atoms with E-state index in [1.54, 1.807) is 6.20 Å². The van der Waals surface area contributed by atoms with E-state index in [-0.39, 0.29) is 6.10 Å². The second kappa shape index (κ2) is 8.51. The van der Waals surface area contributed by atoms with E-state index in [1.807, 2.05) is 24.3 Å². The summed E-state index contributed by atoms with van der Waals surface area (Å²) >= 11 is 0. The predicted octanol–water partition coefficient (Wildman–Crippen LogP) is 3.89. The third-order valence-electron chi connectivity index (χ3n) is 4.46. The number of aryl methyl sites for hydroxylation is 1. The van der Waals surface area contributed by atoms with Crippen molar-refractivity contribution < 1.29 is 4.74 Å². The summed E-state index contributed by atoms with van der Waals surface area (Å²) in [6.07, 6.45) is 7.72. The van der Waals surface area contributed by atoms with Gasteiger partial charge in [0.15, 0.2) is 5.96 Å². The Balaban J connectivity index is 1.64. The number of hydrogen-bond donors (Lipinski definition) is 2. The molecule has 3 rings (SSSR count). The fourth-order valence-corrected chi connectivity index (χ4v) is 3.04. The lowest BCUT2D eigenvalue weighted by atomic mass is 10.1. The van der Waals surface area contributed by atoms with Crippen LogP contribution in [0.15, 0.2) is 47.6 Å². The zero-order chi connectivity index (χ0) is 17.5. The monoisotopic (exact) mass is 338 g/mol. The largest absolute Gasteiger partial charge is 0.474 e. The van der Waals surface area contributed by atoms with Crippen molar-refractivity contribution in [3.63, 3.8) is 0 Å². The minimum atomic E-state index is 0.282. The van der Waals surface area contributed by atoms with Crippen molar-refractivity contribution in [2.75, 3.05) is 5.32 Å². The predicted molar refractivity (Wildman–Crippen MR) is 102 cm³/mol. The third-order valence-corrected chi connectivity index (χ3v) is 4.46. The molecule has 0 atom stereocenters. The second-order valence-corrected chi connectivity index (χ2v) is 6.37. The van der Waals surface area contributed by atoms with Gasteiger partial charge >= 0.3 is 0 Å². The molecule has 1 aliphatic carbocycles. The third kappa shape index (κ3) is 4.95. The summed E-state index contributed by atoms with van der Waals surface area (Å²) in [4.78, 5) is 8.82. The smallest absolute Gasteiger partial charge is 0.218 e. The van der Waals surface area contributed by atoms with Crippen LogP contribution in [0.25, 0.3) is 0 Å². The molecule has 1 aliphatic rings. The van der Waals surface area contributed by atoms with E-state index >= 15 is 0 Å². The van der Waals surface area contributed by atoms with Gasteiger partial charge in [-0.1, -0.05) is 25.1 Å². The van der Waals surface area contributed by atoms with E-state index in [4.69, 9.17) is 10.5 Å². The lowest BCUT2D eigenvalue weighted by Crippen LogP contribution is -2.22. The van der Waals surface area contributed by atoms with Crippen LogP contribution in [0.5, 0.6) is 5.88 Å². The zero-order valence-corrected chi connectivity index (χ0v) is 14.7. The van der Waals surface area contributed by atoms with Crippen molar-refractivity contribution in [2.24, 2.45) is 10.7 Å². The van der Waals surface area contributed by atoms with Crippen molar-refractivity contribution in [3.8, 4) is 5.88 Å². The van der Waals surface area contributed by atoms with Crippen LogP contribution < -0.4 is 15.8 Å². The Kier molecular flexibility index (Phi) is 5.88. The van der Waals surface area contributed by atoms with Gasteiger partial charge in [-0.15, -0.1) is 0 Å². The van der Waals surface area contributed by atoms with Crippen LogP contribution in [-0.4, -0.2) is 17.0 Å². The molecule has 0 amide bonds. The minimum absolute atomic E-state index is 0.282. The summed E-state index contributed by atoms with van der Waals surface area (Å²) in [7, 11) is 0. The maximum Gasteiger partial charge on any atom is 0.218 e. The molecular weight excluding hydrogens is 312 g/mol. The molecule has 0 radical (unpaired) electrons. The number of nitrogens with zero attached hydrogens (tertiary/aromatic N) is 2. The van der Waals surface area contributed by atoms with Crippen LogP contribution in [0, 0.1) is 0 Å². The quantitative estimate of drug-likeness (QED) is 0.619. The standard InChI is InChI=1S/C20H26N4O/c1-2-15-7-5-9-17(13-15)24-20(21)23-14-16-8-6-12-22-19(16)25-18-10-3-4-11-18/h5-9,12-13,18H,2-4,10-11,14H2,1H3,(H3,21,23,24). The number of benzene rings is 1. The molecule has 1 aromatic heterocycles. The highest BCUT2D eigenvalue weighted by atomic mass is 16.5. The van der Waals surface area contributed by atoms with Gasteiger partial charge in [0.2, 0.25) is 5.88 Å². The lowest BCUT2D eigenvalue weighted by Gasteiger charge is -2.14. The summed E-state index contributed by atoms with van der Waals surface area (Å²) in [6.45, 7) is 2.58. The van der Waals surface area contributed by atoms with E-state index < -0.39 is 0 Å². The number of hydrogen-bond acceptors (Lipinski definition) is 3. The van der Waals surface area contributed by atoms with Crippen molar-refractivity contribution in [2.45, 2.75) is 51.7 Å². The average molecular weight is 338 g/mol. The van der Waals surface area contributed by atoms with Gasteiger partial charge in [-0.3, -0.25) is 0 Å². The summed E-state index contributed by atoms with van der Waals surface area (Å²) in [6, 6.07) is 12.1. The van der Waals surface area contributed by atoms with Gasteiger partial charge in [-0.2, -0.15) is 0 Å². The molecule has 3 N–H and O–H groups in total. The highest BCUT2D eigenvalue weighted by Crippen LogP contribution is 2.25. The van der Waals surface area contributed by atoms with E-state index in [0.717, 1.165) is 30.5 Å². The normalized spacial score (nSPS) is 15.3. The van der Waals surface area contributed by atoms with Gasteiger partial charge in [0.05, 0.1) is 6.54 Å². The van der Waals surface area contributed by atoms with Crippen LogP contribution in [-0.2, 0) is 13.0 Å². The van der Waals surface area contributed by atoms with Gasteiger partial charge in [0, 0.05) is 17.4 Å². The topological polar surface area (TPSA) is 72.5 Å². The summed E-state index contributed by atoms with van der Waals surface area (Å²) < 4.78 is 6.05. The number of nitrogens with two attached hydrogens (primary N) is 1. The number of rotatable bonds is 6. The molecule has 0 aliphatic heterocycles. The fraction of sp³-hybridized carbons (Fsp3) is 0.400. The molecule has 0 bridgehead atoms. The lowest BCUT2D eigenvalue weighted by molar-refractivity contribution is 0.199. The average Bonchev–Trinajstić information content (AvgIpc) is 3.14. The van der Waals surface area contributed by atoms with E-state index in [1.165, 1.54) is 18.4 Å². The first kappa shape index (κ1) is 17.3. The SMILES string of the molecule is CCc1cccc(NC(N)=NCc2cccnc2OC2CCCC2)c1. The van der Waals surface area contributed by atoms with Crippen molar-refractivity contribution in [1.82, 2.24) is 4.98 Å². The number of nitrogens with one attached hydrogen (secondary N) is 1. The van der Waals surface area contributed by atoms with Crippen LogP contribution in [0.3, 0.4) is 0 Å². The van der Waals surface area contributed by atoms with Crippen LogP contribution in [0.1, 0.15) is 43.7 Å². The number of anilines is 1. The van der Waals surface area contributed by atoms with Gasteiger partial charge in [0.1, 0.15) is 6.10 Å². The minimum Gasteiger partial charge on any atom is -0.474 e. The Labute approximate surface area is 149 Å². The van der Waals surface area contributed by atoms with E-state index in [2.05, 4.69) is 34.3 Å². The van der Waals surface area contributed by atoms with Crippen LogP contribution in [0.4, 0.5) is 5.69 Å². The fourth-order valence-electron chi connectivity index (χ4n) is 3.04. The van der Waals surface area contributed by atoms with Crippen LogP contribution in [0.2, 0.25) is 0 Å². The molecule has 25 heavy (non-hydrogen) atoms. The first-order chi connectivity index (χ1) is 12.2. The molecule has 1 saturated carbocycles. The summed E-state index contributed by atoms with van der Waals surface area (Å²) in [5, 5.41) is 3.15. The Bertz CT molecular complexity index is 723. The molecule has 1 fully saturated rings. The molecule has 0 unspecified atom stereocenters. The molecular formula is C20H26N4O. The Morgan fingerprint density at radius 2 is 2.12 bits per heavy atom. The molecule has 0 spiro atoms. The molecule has 5 nitrogen and oxygen atoms in total. The van der Waals surface area contributed by atoms with Gasteiger partial charge < -0.3 is 15.8 Å². The first-order valence-corrected chi connectivity index (χ1v) is 9.01. The summed E-state index contributed by atoms with van der Waals surface area (Å²) in [5.41, 5.74) is 9.21. The Morgan fingerprint density at radius 3 is 2.92 bits per heavy atom. The number of guanidine groups is 1. The summed E-state index contributed by atoms with van der Waals surface area (Å²) in [5.74, 6) is 1.07. The van der Waals surface area contributed by atoms with E-state index in [9.17, 15) is 0 Å². The van der Waals surface area contributed by atoms with Gasteiger partial charge in [-0.25, -0.2) is 9.98 Å². The van der Waals surface area contributed by atoms with Crippen LogP contribution >= 0.6 is 0 Å². The zero-order valence-electron chi connectivity index (χ0n) is 14.7. The van der Waals surface area contributed by atoms with E-state index in [0.29, 0.717) is 18.4 Å². The highest BCUT2D eigenvalue weighted by molar-refractivity contribution is 5.92. The number of ether oxygens (including phenoxy) is 1. The van der Waals surface area contributed by atoms with Gasteiger partial charge in [0.25, 0.3) is 0 Å². The first-order valence-electron chi connectivity index (χ1n) is 9.01. The van der Waals surface area contributed by atoms with Crippen molar-refractivity contribution in [3.05, 3.63) is 53.7 Å². The maximum atomic E-state index is 6.05. The molecule has 132 valence electrons. The Morgan fingerprint density at radius 1 is 1.28 bits per heavy atom. The maximum absolute atomic E-state index is 6.05. The Hall–Kier alpha value is -2.56. The van der Waals surface area contributed by atoms with Crippen molar-refractivity contribution in [1.29, 1.82) is 0 Å². The molecule has 5 heteroatoms. The molecule has 1 aromatic carbocycles. The molecule has 2 aromatic rings. The number of aliphatic imine (C=N–C) groups is 1. The molecule has 1 heterocycles. The number of aromatic nitrogens is 1.